The Morgan fingerprint density at radius 2 is 2.37 bits per heavy atom. The summed E-state index contributed by atoms with van der Waals surface area (Å²) in [5, 5.41) is 0. The lowest BCUT2D eigenvalue weighted by molar-refractivity contribution is 0.0565. The molecule has 104 valence electrons. The Kier molecular flexibility index (Phi) is 4.42. The molecule has 1 fully saturated rings. The quantitative estimate of drug-likeness (QED) is 0.787. The fraction of sp³-hybridized carbons (Fsp3) is 0.538. The van der Waals surface area contributed by atoms with Gasteiger partial charge in [0.15, 0.2) is 5.82 Å². The van der Waals surface area contributed by atoms with Crippen LogP contribution in [0.4, 0.5) is 8.78 Å². The predicted octanol–water partition coefficient (Wildman–Crippen LogP) is 1.86. The van der Waals surface area contributed by atoms with E-state index in [2.05, 4.69) is 4.98 Å². The van der Waals surface area contributed by atoms with Crippen LogP contribution in [0.15, 0.2) is 12.3 Å². The van der Waals surface area contributed by atoms with Crippen molar-refractivity contribution < 1.29 is 18.3 Å². The summed E-state index contributed by atoms with van der Waals surface area (Å²) in [6.07, 6.45) is 2.92. The fourth-order valence-electron chi connectivity index (χ4n) is 2.37. The van der Waals surface area contributed by atoms with E-state index < -0.39 is 17.7 Å². The minimum Gasteiger partial charge on any atom is -0.384 e. The van der Waals surface area contributed by atoms with Crippen molar-refractivity contribution in [1.29, 1.82) is 0 Å². The van der Waals surface area contributed by atoms with E-state index in [0.717, 1.165) is 19.0 Å². The van der Waals surface area contributed by atoms with Gasteiger partial charge in [-0.15, -0.1) is 0 Å². The monoisotopic (exact) mass is 270 g/mol. The van der Waals surface area contributed by atoms with E-state index in [1.807, 2.05) is 0 Å². The number of amides is 1. The van der Waals surface area contributed by atoms with Crippen molar-refractivity contribution in [2.75, 3.05) is 26.8 Å². The predicted molar refractivity (Wildman–Crippen MR) is 64.7 cm³/mol. The molecule has 6 heteroatoms. The van der Waals surface area contributed by atoms with Crippen LogP contribution in [-0.4, -0.2) is 42.6 Å². The first-order valence-corrected chi connectivity index (χ1v) is 6.21. The van der Waals surface area contributed by atoms with Crippen LogP contribution in [0.3, 0.4) is 0 Å². The summed E-state index contributed by atoms with van der Waals surface area (Å²) in [7, 11) is 1.61. The Labute approximate surface area is 110 Å². The number of hydrogen-bond donors (Lipinski definition) is 0. The maximum absolute atomic E-state index is 13.5. The van der Waals surface area contributed by atoms with Crippen LogP contribution in [0.2, 0.25) is 0 Å². The molecule has 0 aliphatic carbocycles. The first-order valence-electron chi connectivity index (χ1n) is 6.21. The molecule has 2 heterocycles. The molecule has 1 aliphatic heterocycles. The number of halogens is 2. The minimum atomic E-state index is -1.24. The van der Waals surface area contributed by atoms with Gasteiger partial charge in [-0.1, -0.05) is 0 Å². The first-order chi connectivity index (χ1) is 9.13. The molecule has 4 nitrogen and oxygen atoms in total. The number of carbonyl (C=O) groups is 1. The van der Waals surface area contributed by atoms with Crippen molar-refractivity contribution in [3.8, 4) is 0 Å². The number of rotatable bonds is 3. The Bertz CT molecular complexity index is 466. The summed E-state index contributed by atoms with van der Waals surface area (Å²) in [5.74, 6) is -2.66. The van der Waals surface area contributed by atoms with E-state index in [0.29, 0.717) is 19.7 Å². The standard InChI is InChI=1S/C13H16F2N2O2/c1-19-8-9-3-2-6-17(7-9)13(18)10-4-5-16-12(15)11(10)14/h4-5,9H,2-3,6-8H2,1H3. The average Bonchev–Trinajstić information content (AvgIpc) is 2.42. The molecule has 1 aromatic rings. The lowest BCUT2D eigenvalue weighted by atomic mass is 9.98. The Hall–Kier alpha value is -1.56. The second kappa shape index (κ2) is 6.06. The zero-order valence-electron chi connectivity index (χ0n) is 10.7. The Morgan fingerprint density at radius 1 is 1.58 bits per heavy atom. The van der Waals surface area contributed by atoms with Crippen molar-refractivity contribution in [1.82, 2.24) is 9.88 Å². The normalized spacial score (nSPS) is 19.5. The summed E-state index contributed by atoms with van der Waals surface area (Å²) in [4.78, 5) is 16.9. The highest BCUT2D eigenvalue weighted by Gasteiger charge is 2.27. The third-order valence-electron chi connectivity index (χ3n) is 3.29. The van der Waals surface area contributed by atoms with Crippen LogP contribution in [-0.2, 0) is 4.74 Å². The van der Waals surface area contributed by atoms with Gasteiger partial charge >= 0.3 is 0 Å². The largest absolute Gasteiger partial charge is 0.384 e. The average molecular weight is 270 g/mol. The topological polar surface area (TPSA) is 42.4 Å². The van der Waals surface area contributed by atoms with Gasteiger partial charge in [-0.05, 0) is 24.8 Å². The number of nitrogens with zero attached hydrogens (tertiary/aromatic N) is 2. The second-order valence-corrected chi connectivity index (χ2v) is 4.68. The molecule has 1 amide bonds. The summed E-state index contributed by atoms with van der Waals surface area (Å²) in [6.45, 7) is 1.63. The highest BCUT2D eigenvalue weighted by Crippen LogP contribution is 2.20. The lowest BCUT2D eigenvalue weighted by Crippen LogP contribution is -2.41. The van der Waals surface area contributed by atoms with Crippen molar-refractivity contribution >= 4 is 5.91 Å². The Balaban J connectivity index is 2.12. The summed E-state index contributed by atoms with van der Waals surface area (Å²) < 4.78 is 31.6. The molecule has 0 radical (unpaired) electrons. The number of ether oxygens (including phenoxy) is 1. The van der Waals surface area contributed by atoms with Gasteiger partial charge < -0.3 is 9.64 Å². The molecule has 1 unspecified atom stereocenters. The second-order valence-electron chi connectivity index (χ2n) is 4.68. The van der Waals surface area contributed by atoms with Crippen LogP contribution < -0.4 is 0 Å². The lowest BCUT2D eigenvalue weighted by Gasteiger charge is -2.32. The van der Waals surface area contributed by atoms with Gasteiger partial charge in [0.2, 0.25) is 5.95 Å². The highest BCUT2D eigenvalue weighted by atomic mass is 19.2. The SMILES string of the molecule is COCC1CCCN(C(=O)c2ccnc(F)c2F)C1. The fourth-order valence-corrected chi connectivity index (χ4v) is 2.37. The van der Waals surface area contributed by atoms with E-state index >= 15 is 0 Å². The maximum atomic E-state index is 13.5. The zero-order valence-corrected chi connectivity index (χ0v) is 10.7. The van der Waals surface area contributed by atoms with Crippen LogP contribution in [0.5, 0.6) is 0 Å². The van der Waals surface area contributed by atoms with Crippen LogP contribution in [0.25, 0.3) is 0 Å². The van der Waals surface area contributed by atoms with Gasteiger partial charge in [0.1, 0.15) is 0 Å². The van der Waals surface area contributed by atoms with Gasteiger partial charge in [0.05, 0.1) is 12.2 Å². The van der Waals surface area contributed by atoms with Crippen molar-refractivity contribution in [2.24, 2.45) is 5.92 Å². The molecule has 19 heavy (non-hydrogen) atoms. The minimum absolute atomic E-state index is 0.248. The van der Waals surface area contributed by atoms with Gasteiger partial charge in [0, 0.05) is 26.4 Å². The maximum Gasteiger partial charge on any atom is 0.257 e. The number of hydrogen-bond acceptors (Lipinski definition) is 3. The molecule has 0 N–H and O–H groups in total. The van der Waals surface area contributed by atoms with E-state index in [-0.39, 0.29) is 11.5 Å². The van der Waals surface area contributed by atoms with E-state index in [1.165, 1.54) is 6.07 Å². The van der Waals surface area contributed by atoms with Gasteiger partial charge in [-0.25, -0.2) is 9.37 Å². The third-order valence-corrected chi connectivity index (χ3v) is 3.29. The first kappa shape index (κ1) is 13.9. The third kappa shape index (κ3) is 3.07. The number of piperidine rings is 1. The number of pyridine rings is 1. The summed E-state index contributed by atoms with van der Waals surface area (Å²) >= 11 is 0. The van der Waals surface area contributed by atoms with Crippen LogP contribution >= 0.6 is 0 Å². The Morgan fingerprint density at radius 3 is 3.11 bits per heavy atom. The number of methoxy groups -OCH3 is 1. The highest BCUT2D eigenvalue weighted by molar-refractivity contribution is 5.94. The molecule has 1 aliphatic rings. The zero-order chi connectivity index (χ0) is 13.8. The van der Waals surface area contributed by atoms with Crippen molar-refractivity contribution in [3.63, 3.8) is 0 Å². The molecule has 1 atom stereocenters. The number of carbonyl (C=O) groups excluding carboxylic acids is 1. The molecule has 0 aromatic carbocycles. The van der Waals surface area contributed by atoms with E-state index in [1.54, 1.807) is 12.0 Å². The molecule has 0 spiro atoms. The van der Waals surface area contributed by atoms with Crippen LogP contribution in [0.1, 0.15) is 23.2 Å². The molecular formula is C13H16F2N2O2. The van der Waals surface area contributed by atoms with E-state index in [9.17, 15) is 13.6 Å². The number of aromatic nitrogens is 1. The number of likely N-dealkylation sites (tertiary alicyclic amines) is 1. The van der Waals surface area contributed by atoms with E-state index in [4.69, 9.17) is 4.74 Å². The van der Waals surface area contributed by atoms with Gasteiger partial charge in [-0.2, -0.15) is 4.39 Å². The molecule has 1 saturated heterocycles. The summed E-state index contributed by atoms with van der Waals surface area (Å²) in [6, 6.07) is 1.21. The molecule has 1 aromatic heterocycles. The smallest absolute Gasteiger partial charge is 0.257 e. The van der Waals surface area contributed by atoms with Gasteiger partial charge in [0.25, 0.3) is 5.91 Å². The molecule has 2 rings (SSSR count). The molecule has 0 bridgehead atoms. The van der Waals surface area contributed by atoms with Crippen molar-refractivity contribution in [2.45, 2.75) is 12.8 Å². The summed E-state index contributed by atoms with van der Waals surface area (Å²) in [5.41, 5.74) is -0.259. The van der Waals surface area contributed by atoms with Gasteiger partial charge in [-0.3, -0.25) is 4.79 Å². The van der Waals surface area contributed by atoms with Crippen molar-refractivity contribution in [3.05, 3.63) is 29.6 Å². The molecule has 0 saturated carbocycles. The van der Waals surface area contributed by atoms with Crippen LogP contribution in [0, 0.1) is 17.7 Å². The molecular weight excluding hydrogens is 254 g/mol.